The summed E-state index contributed by atoms with van der Waals surface area (Å²) in [5.41, 5.74) is 1.30. The molecule has 1 nitrogen and oxygen atoms in total. The monoisotopic (exact) mass is 241 g/mol. The zero-order valence-corrected chi connectivity index (χ0v) is 9.02. The molecule has 0 radical (unpaired) electrons. The molecule has 13 heavy (non-hydrogen) atoms. The van der Waals surface area contributed by atoms with Gasteiger partial charge in [0.15, 0.2) is 0 Å². The number of hydrogen-bond donors (Lipinski definition) is 0. The quantitative estimate of drug-likeness (QED) is 0.739. The van der Waals surface area contributed by atoms with E-state index < -0.39 is 0 Å². The molecule has 0 saturated carbocycles. The molecule has 0 aliphatic carbocycles. The molecule has 0 aliphatic rings. The summed E-state index contributed by atoms with van der Waals surface area (Å²) in [6.45, 7) is 3.44. The highest BCUT2D eigenvalue weighted by atomic mass is 79.9. The minimum absolute atomic E-state index is 0.271. The Morgan fingerprint density at radius 2 is 2.15 bits per heavy atom. The first-order valence-corrected chi connectivity index (χ1v) is 4.70. The average Bonchev–Trinajstić information content (AvgIpc) is 2.10. The number of hydrogen-bond acceptors (Lipinski definition) is 1. The van der Waals surface area contributed by atoms with Gasteiger partial charge >= 0.3 is 0 Å². The highest BCUT2D eigenvalue weighted by Crippen LogP contribution is 2.25. The molecule has 68 valence electrons. The molecule has 3 heteroatoms. The summed E-state index contributed by atoms with van der Waals surface area (Å²) in [6, 6.07) is 5.28. The van der Waals surface area contributed by atoms with Crippen molar-refractivity contribution in [1.82, 2.24) is 0 Å². The lowest BCUT2D eigenvalue weighted by atomic mass is 9.97. The summed E-state index contributed by atoms with van der Waals surface area (Å²) in [5, 5.41) is 8.71. The summed E-state index contributed by atoms with van der Waals surface area (Å²) >= 11 is 3.20. The third-order valence-electron chi connectivity index (χ3n) is 2.01. The molecule has 1 rings (SSSR count). The fourth-order valence-electron chi connectivity index (χ4n) is 1.18. The normalized spacial score (nSPS) is 12.2. The van der Waals surface area contributed by atoms with Crippen molar-refractivity contribution < 1.29 is 4.39 Å². The Morgan fingerprint density at radius 1 is 1.54 bits per heavy atom. The Hall–Kier alpha value is -0.880. The zero-order chi connectivity index (χ0) is 10.0. The standard InChI is InChI=1S/C10H9BrFN/c1-6(5-13)9-3-8(11)4-10(12)7(9)2/h3-4,6H,1-2H3. The molecule has 0 heterocycles. The van der Waals surface area contributed by atoms with Crippen LogP contribution in [0.3, 0.4) is 0 Å². The van der Waals surface area contributed by atoms with Crippen molar-refractivity contribution in [2.24, 2.45) is 0 Å². The van der Waals surface area contributed by atoms with Gasteiger partial charge in [-0.15, -0.1) is 0 Å². The van der Waals surface area contributed by atoms with Gasteiger partial charge in [-0.05, 0) is 37.1 Å². The lowest BCUT2D eigenvalue weighted by molar-refractivity contribution is 0.613. The van der Waals surface area contributed by atoms with Crippen LogP contribution in [0.4, 0.5) is 4.39 Å². The Morgan fingerprint density at radius 3 is 2.69 bits per heavy atom. The fraction of sp³-hybridized carbons (Fsp3) is 0.300. The number of rotatable bonds is 1. The maximum atomic E-state index is 13.2. The van der Waals surface area contributed by atoms with Crippen molar-refractivity contribution in [2.45, 2.75) is 19.8 Å². The first-order valence-electron chi connectivity index (χ1n) is 3.91. The van der Waals surface area contributed by atoms with Crippen molar-refractivity contribution in [1.29, 1.82) is 5.26 Å². The van der Waals surface area contributed by atoms with Gasteiger partial charge in [0.2, 0.25) is 0 Å². The second-order valence-electron chi connectivity index (χ2n) is 2.95. The Labute approximate surface area is 85.3 Å². The first-order chi connectivity index (χ1) is 6.06. The predicted octanol–water partition coefficient (Wildman–Crippen LogP) is 3.52. The van der Waals surface area contributed by atoms with Crippen LogP contribution in [0.15, 0.2) is 16.6 Å². The summed E-state index contributed by atoms with van der Waals surface area (Å²) < 4.78 is 13.9. The minimum atomic E-state index is -0.272. The van der Waals surface area contributed by atoms with Crippen LogP contribution in [-0.4, -0.2) is 0 Å². The van der Waals surface area contributed by atoms with Crippen LogP contribution in [0.25, 0.3) is 0 Å². The second-order valence-corrected chi connectivity index (χ2v) is 3.87. The van der Waals surface area contributed by atoms with Crippen molar-refractivity contribution in [3.05, 3.63) is 33.5 Å². The lowest BCUT2D eigenvalue weighted by Crippen LogP contribution is -1.96. The number of halogens is 2. The molecule has 0 amide bonds. The van der Waals surface area contributed by atoms with Crippen molar-refractivity contribution in [3.63, 3.8) is 0 Å². The summed E-state index contributed by atoms with van der Waals surface area (Å²) in [5.74, 6) is -0.543. The largest absolute Gasteiger partial charge is 0.207 e. The highest BCUT2D eigenvalue weighted by molar-refractivity contribution is 9.10. The van der Waals surface area contributed by atoms with Gasteiger partial charge < -0.3 is 0 Å². The topological polar surface area (TPSA) is 23.8 Å². The highest BCUT2D eigenvalue weighted by Gasteiger charge is 2.11. The number of benzene rings is 1. The van der Waals surface area contributed by atoms with Crippen LogP contribution < -0.4 is 0 Å². The van der Waals surface area contributed by atoms with Crippen molar-refractivity contribution >= 4 is 15.9 Å². The molecule has 1 unspecified atom stereocenters. The molecule has 0 fully saturated rings. The maximum Gasteiger partial charge on any atom is 0.127 e. The lowest BCUT2D eigenvalue weighted by Gasteiger charge is -2.08. The van der Waals surface area contributed by atoms with E-state index in [-0.39, 0.29) is 11.7 Å². The second kappa shape index (κ2) is 3.89. The van der Waals surface area contributed by atoms with Crippen molar-refractivity contribution in [2.75, 3.05) is 0 Å². The fourth-order valence-corrected chi connectivity index (χ4v) is 1.63. The molecular weight excluding hydrogens is 233 g/mol. The van der Waals surface area contributed by atoms with Gasteiger partial charge in [-0.25, -0.2) is 4.39 Å². The summed E-state index contributed by atoms with van der Waals surface area (Å²) in [6.07, 6.45) is 0. The van der Waals surface area contributed by atoms with Crippen LogP contribution >= 0.6 is 15.9 Å². The molecule has 0 aromatic heterocycles. The van der Waals surface area contributed by atoms with E-state index in [9.17, 15) is 4.39 Å². The first kappa shape index (κ1) is 10.2. The Balaban J connectivity index is 3.30. The van der Waals surface area contributed by atoms with Crippen LogP contribution in [0, 0.1) is 24.1 Å². The van der Waals surface area contributed by atoms with Gasteiger partial charge in [-0.3, -0.25) is 0 Å². The zero-order valence-electron chi connectivity index (χ0n) is 7.44. The number of nitriles is 1. The predicted molar refractivity (Wildman–Crippen MR) is 52.9 cm³/mol. The van der Waals surface area contributed by atoms with E-state index in [1.807, 2.05) is 0 Å². The van der Waals surface area contributed by atoms with E-state index in [1.54, 1.807) is 19.9 Å². The van der Waals surface area contributed by atoms with E-state index in [1.165, 1.54) is 6.07 Å². The molecule has 0 bridgehead atoms. The van der Waals surface area contributed by atoms with Gasteiger partial charge in [0.1, 0.15) is 5.82 Å². The minimum Gasteiger partial charge on any atom is -0.207 e. The van der Waals surface area contributed by atoms with Crippen LogP contribution in [0.5, 0.6) is 0 Å². The van der Waals surface area contributed by atoms with E-state index in [4.69, 9.17) is 5.26 Å². The van der Waals surface area contributed by atoms with E-state index in [0.717, 1.165) is 5.56 Å². The molecule has 0 N–H and O–H groups in total. The average molecular weight is 242 g/mol. The van der Waals surface area contributed by atoms with E-state index in [2.05, 4.69) is 22.0 Å². The SMILES string of the molecule is Cc1c(F)cc(Br)cc1C(C)C#N. The molecule has 0 saturated heterocycles. The van der Waals surface area contributed by atoms with Gasteiger partial charge in [0.05, 0.1) is 12.0 Å². The molecule has 1 aromatic carbocycles. The van der Waals surface area contributed by atoms with Crippen molar-refractivity contribution in [3.8, 4) is 6.07 Å². The summed E-state index contributed by atoms with van der Waals surface area (Å²) in [7, 11) is 0. The third kappa shape index (κ3) is 2.07. The Kier molecular flexibility index (Phi) is 3.05. The number of nitrogens with zero attached hydrogens (tertiary/aromatic N) is 1. The smallest absolute Gasteiger partial charge is 0.127 e. The van der Waals surface area contributed by atoms with Gasteiger partial charge in [0, 0.05) is 4.47 Å². The molecule has 0 aliphatic heterocycles. The summed E-state index contributed by atoms with van der Waals surface area (Å²) in [4.78, 5) is 0. The van der Waals surface area contributed by atoms with Gasteiger partial charge in [-0.1, -0.05) is 15.9 Å². The molecule has 1 atom stereocenters. The maximum absolute atomic E-state index is 13.2. The van der Waals surface area contributed by atoms with Crippen LogP contribution in [0.2, 0.25) is 0 Å². The Bertz CT molecular complexity index is 368. The van der Waals surface area contributed by atoms with E-state index in [0.29, 0.717) is 10.0 Å². The molecule has 0 spiro atoms. The third-order valence-corrected chi connectivity index (χ3v) is 2.47. The molecule has 1 aromatic rings. The van der Waals surface area contributed by atoms with Gasteiger partial charge in [-0.2, -0.15) is 5.26 Å². The van der Waals surface area contributed by atoms with Crippen LogP contribution in [0.1, 0.15) is 24.0 Å². The van der Waals surface area contributed by atoms with Gasteiger partial charge in [0.25, 0.3) is 0 Å². The van der Waals surface area contributed by atoms with E-state index >= 15 is 0 Å². The molecular formula is C10H9BrFN. The van der Waals surface area contributed by atoms with Crippen LogP contribution in [-0.2, 0) is 0 Å².